The summed E-state index contributed by atoms with van der Waals surface area (Å²) in [6.45, 7) is 3.38. The number of aliphatic carboxylic acids is 1. The normalized spacial score (nSPS) is 23.0. The Bertz CT molecular complexity index is 1080. The van der Waals surface area contributed by atoms with E-state index in [9.17, 15) is 32.7 Å². The standard InChI is InChI=1S/C20H27N5O7S2/c1-20(2)15(17(27)28)22-13(33-20)11-21-16(26)14(12-7-5-4-6-8-12)23-18(29)24-9-10-25(19(24)30)34(3,31)32/h4-8,13-15,22H,9-11H2,1-3H3,(H,21,26)(H,23,29)(H,27,28)/t13-,14-,15+/m1/s1. The molecule has 1 aromatic carbocycles. The smallest absolute Gasteiger partial charge is 0.341 e. The van der Waals surface area contributed by atoms with Crippen molar-refractivity contribution in [1.82, 2.24) is 25.2 Å². The summed E-state index contributed by atoms with van der Waals surface area (Å²) in [5, 5.41) is 17.2. The first-order valence-electron chi connectivity index (χ1n) is 10.4. The predicted octanol–water partition coefficient (Wildman–Crippen LogP) is 0.145. The average molecular weight is 514 g/mol. The zero-order valence-corrected chi connectivity index (χ0v) is 20.5. The van der Waals surface area contributed by atoms with Crippen molar-refractivity contribution in [2.75, 3.05) is 25.9 Å². The second kappa shape index (κ2) is 9.80. The first-order valence-corrected chi connectivity index (χ1v) is 13.1. The van der Waals surface area contributed by atoms with Gasteiger partial charge in [0.1, 0.15) is 12.1 Å². The van der Waals surface area contributed by atoms with Gasteiger partial charge in [-0.2, -0.15) is 0 Å². The summed E-state index contributed by atoms with van der Waals surface area (Å²) in [5.74, 6) is -1.55. The van der Waals surface area contributed by atoms with Crippen molar-refractivity contribution in [2.24, 2.45) is 0 Å². The molecule has 3 rings (SSSR count). The lowest BCUT2D eigenvalue weighted by atomic mass is 10.0. The van der Waals surface area contributed by atoms with Gasteiger partial charge in [0, 0.05) is 11.3 Å². The number of urea groups is 2. The maximum atomic E-state index is 13.0. The van der Waals surface area contributed by atoms with Crippen LogP contribution in [0.25, 0.3) is 0 Å². The fraction of sp³-hybridized carbons (Fsp3) is 0.500. The third-order valence-electron chi connectivity index (χ3n) is 5.48. The Morgan fingerprint density at radius 2 is 1.88 bits per heavy atom. The summed E-state index contributed by atoms with van der Waals surface area (Å²) in [6, 6.07) is 4.52. The molecule has 34 heavy (non-hydrogen) atoms. The molecule has 0 radical (unpaired) electrons. The van der Waals surface area contributed by atoms with Crippen LogP contribution in [0.3, 0.4) is 0 Å². The van der Waals surface area contributed by atoms with Crippen molar-refractivity contribution in [1.29, 1.82) is 0 Å². The number of carbonyl (C=O) groups is 4. The number of benzene rings is 1. The molecule has 14 heteroatoms. The summed E-state index contributed by atoms with van der Waals surface area (Å²) in [5.41, 5.74) is 0.454. The molecule has 2 heterocycles. The van der Waals surface area contributed by atoms with Crippen LogP contribution in [-0.4, -0.2) is 88.7 Å². The molecular weight excluding hydrogens is 486 g/mol. The van der Waals surface area contributed by atoms with Crippen molar-refractivity contribution >= 4 is 45.7 Å². The SMILES string of the molecule is CC1(C)S[C@H](CNC(=O)[C@H](NC(=O)N2CCN(S(C)(=O)=O)C2=O)c2ccccc2)N[C@H]1C(=O)O. The maximum absolute atomic E-state index is 13.0. The number of amides is 5. The van der Waals surface area contributed by atoms with E-state index in [1.165, 1.54) is 11.8 Å². The summed E-state index contributed by atoms with van der Waals surface area (Å²) in [7, 11) is -3.82. The van der Waals surface area contributed by atoms with Crippen LogP contribution in [0.1, 0.15) is 25.5 Å². The highest BCUT2D eigenvalue weighted by molar-refractivity contribution is 8.01. The number of hydrogen-bond acceptors (Lipinski definition) is 8. The molecule has 0 aliphatic carbocycles. The molecule has 0 unspecified atom stereocenters. The van der Waals surface area contributed by atoms with Gasteiger partial charge in [0.25, 0.3) is 0 Å². The van der Waals surface area contributed by atoms with Crippen LogP contribution in [0.2, 0.25) is 0 Å². The fourth-order valence-corrected chi connectivity index (χ4v) is 5.98. The van der Waals surface area contributed by atoms with E-state index in [0.717, 1.165) is 11.2 Å². The number of imide groups is 1. The molecule has 0 aromatic heterocycles. The molecule has 0 saturated carbocycles. The van der Waals surface area contributed by atoms with Crippen LogP contribution in [0.5, 0.6) is 0 Å². The minimum atomic E-state index is -3.82. The quantitative estimate of drug-likeness (QED) is 0.397. The van der Waals surface area contributed by atoms with E-state index in [1.807, 2.05) is 0 Å². The lowest BCUT2D eigenvalue weighted by molar-refractivity contribution is -0.139. The zero-order chi connectivity index (χ0) is 25.3. The van der Waals surface area contributed by atoms with Crippen LogP contribution in [0.15, 0.2) is 30.3 Å². The van der Waals surface area contributed by atoms with Gasteiger partial charge in [0.15, 0.2) is 0 Å². The number of carboxylic acids is 1. The molecule has 0 bridgehead atoms. The van der Waals surface area contributed by atoms with Gasteiger partial charge in [0.2, 0.25) is 15.9 Å². The second-order valence-corrected chi connectivity index (χ2v) is 12.2. The fourth-order valence-electron chi connectivity index (χ4n) is 3.78. The Morgan fingerprint density at radius 3 is 2.41 bits per heavy atom. The molecular formula is C20H27N5O7S2. The van der Waals surface area contributed by atoms with Gasteiger partial charge in [-0.25, -0.2) is 27.2 Å². The molecule has 0 spiro atoms. The summed E-state index contributed by atoms with van der Waals surface area (Å²) in [4.78, 5) is 50.4. The van der Waals surface area contributed by atoms with Crippen molar-refractivity contribution in [3.05, 3.63) is 35.9 Å². The monoisotopic (exact) mass is 513 g/mol. The second-order valence-electron chi connectivity index (χ2n) is 8.46. The Hall–Kier alpha value is -2.84. The topological polar surface area (TPSA) is 165 Å². The number of nitrogens with one attached hydrogen (secondary N) is 3. The average Bonchev–Trinajstić information content (AvgIpc) is 3.29. The van der Waals surface area contributed by atoms with Crippen LogP contribution < -0.4 is 16.0 Å². The molecule has 4 N–H and O–H groups in total. The third kappa shape index (κ3) is 5.62. The Balaban J connectivity index is 1.70. The molecule has 1 aromatic rings. The molecule has 2 aliphatic rings. The largest absolute Gasteiger partial charge is 0.480 e. The molecule has 2 aliphatic heterocycles. The zero-order valence-electron chi connectivity index (χ0n) is 18.8. The Morgan fingerprint density at radius 1 is 1.24 bits per heavy atom. The van der Waals surface area contributed by atoms with E-state index in [2.05, 4.69) is 16.0 Å². The van der Waals surface area contributed by atoms with Gasteiger partial charge < -0.3 is 15.7 Å². The highest BCUT2D eigenvalue weighted by Crippen LogP contribution is 2.37. The van der Waals surface area contributed by atoms with Crippen molar-refractivity contribution in [3.8, 4) is 0 Å². The summed E-state index contributed by atoms with van der Waals surface area (Å²) in [6.07, 6.45) is 0.873. The first-order chi connectivity index (χ1) is 15.8. The molecule has 186 valence electrons. The molecule has 12 nitrogen and oxygen atoms in total. The lowest BCUT2D eigenvalue weighted by Gasteiger charge is -2.23. The Kier molecular flexibility index (Phi) is 7.43. The maximum Gasteiger partial charge on any atom is 0.341 e. The summed E-state index contributed by atoms with van der Waals surface area (Å²) < 4.78 is 23.5. The van der Waals surface area contributed by atoms with Crippen LogP contribution in [-0.2, 0) is 19.6 Å². The van der Waals surface area contributed by atoms with Crippen molar-refractivity contribution < 1.29 is 32.7 Å². The number of rotatable bonds is 7. The molecule has 2 fully saturated rings. The van der Waals surface area contributed by atoms with E-state index in [1.54, 1.807) is 44.2 Å². The molecule has 2 saturated heterocycles. The van der Waals surface area contributed by atoms with Gasteiger partial charge in [-0.05, 0) is 19.4 Å². The van der Waals surface area contributed by atoms with Gasteiger partial charge in [-0.15, -0.1) is 11.8 Å². The van der Waals surface area contributed by atoms with E-state index < -0.39 is 50.8 Å². The van der Waals surface area contributed by atoms with Crippen molar-refractivity contribution in [2.45, 2.75) is 36.1 Å². The van der Waals surface area contributed by atoms with Crippen LogP contribution >= 0.6 is 11.8 Å². The number of carbonyl (C=O) groups excluding carboxylic acids is 3. The minimum Gasteiger partial charge on any atom is -0.480 e. The number of thioether (sulfide) groups is 1. The van der Waals surface area contributed by atoms with E-state index in [-0.39, 0.29) is 25.0 Å². The third-order valence-corrected chi connectivity index (χ3v) is 8.05. The lowest BCUT2D eigenvalue weighted by Crippen LogP contribution is -2.50. The number of carboxylic acid groups (broad SMARTS) is 1. The van der Waals surface area contributed by atoms with E-state index >= 15 is 0 Å². The number of sulfonamides is 1. The first kappa shape index (κ1) is 25.8. The van der Waals surface area contributed by atoms with Gasteiger partial charge in [-0.1, -0.05) is 30.3 Å². The minimum absolute atomic E-state index is 0.0976. The van der Waals surface area contributed by atoms with Gasteiger partial charge >= 0.3 is 18.0 Å². The van der Waals surface area contributed by atoms with Gasteiger partial charge in [0.05, 0.1) is 24.7 Å². The van der Waals surface area contributed by atoms with E-state index in [4.69, 9.17) is 0 Å². The van der Waals surface area contributed by atoms with Crippen LogP contribution in [0.4, 0.5) is 9.59 Å². The highest BCUT2D eigenvalue weighted by atomic mass is 32.2. The summed E-state index contributed by atoms with van der Waals surface area (Å²) >= 11 is 1.38. The number of hydrogen-bond donors (Lipinski definition) is 4. The Labute approximate surface area is 201 Å². The van der Waals surface area contributed by atoms with Crippen LogP contribution in [0, 0.1) is 0 Å². The van der Waals surface area contributed by atoms with Crippen molar-refractivity contribution in [3.63, 3.8) is 0 Å². The molecule has 3 atom stereocenters. The number of nitrogens with zero attached hydrogens (tertiary/aromatic N) is 2. The predicted molar refractivity (Wildman–Crippen MR) is 124 cm³/mol. The van der Waals surface area contributed by atoms with Gasteiger partial charge in [-0.3, -0.25) is 14.9 Å². The molecule has 5 amide bonds. The highest BCUT2D eigenvalue weighted by Gasteiger charge is 2.45. The van der Waals surface area contributed by atoms with E-state index in [0.29, 0.717) is 9.87 Å².